The summed E-state index contributed by atoms with van der Waals surface area (Å²) in [5.74, 6) is -0.186. The highest BCUT2D eigenvalue weighted by molar-refractivity contribution is 6.03. The van der Waals surface area contributed by atoms with E-state index >= 15 is 4.39 Å². The minimum absolute atomic E-state index is 0.160. The normalized spacial score (nSPS) is 23.5. The summed E-state index contributed by atoms with van der Waals surface area (Å²) in [5, 5.41) is 0. The summed E-state index contributed by atoms with van der Waals surface area (Å²) in [6.45, 7) is 19.7. The molecule has 0 radical (unpaired) electrons. The lowest BCUT2D eigenvalue weighted by molar-refractivity contribution is 0.00360. The maximum atomic E-state index is 15.5. The van der Waals surface area contributed by atoms with Crippen molar-refractivity contribution in [2.24, 2.45) is 5.92 Å². The molecule has 1 aromatic carbocycles. The maximum absolute atomic E-state index is 15.5. The Hall–Kier alpha value is -3.61. The quantitative estimate of drug-likeness (QED) is 0.255. The van der Waals surface area contributed by atoms with Crippen LogP contribution in [0.15, 0.2) is 30.5 Å². The van der Waals surface area contributed by atoms with Gasteiger partial charge in [0.1, 0.15) is 22.8 Å². The van der Waals surface area contributed by atoms with Gasteiger partial charge < -0.3 is 23.7 Å². The Bertz CT molecular complexity index is 1820. The van der Waals surface area contributed by atoms with Crippen molar-refractivity contribution in [1.29, 1.82) is 0 Å². The highest BCUT2D eigenvalue weighted by Gasteiger charge is 2.46. The third-order valence-corrected chi connectivity index (χ3v) is 11.6. The summed E-state index contributed by atoms with van der Waals surface area (Å²) < 4.78 is 43.2. The Morgan fingerprint density at radius 2 is 1.81 bits per heavy atom. The standard InChI is InChI=1S/C40H54F2N6O4/c1-24(2)35(9-8-12-44-21-31-17-30(44)22-48(31)39(50)52-40(5,6)7)45-18-28(19-45)27-15-33(36-37(42)43-26(4)47(36)20-27)32-11-10-29(41)16-34(32)38(49)46-13-14-51-23-25(46)3/h10-11,15-16,20,24-25,28,30-31,35H,8-9,12-14,17-19,21-23H2,1-7H3/t25-,30-,31-,35-/m1/s1. The minimum Gasteiger partial charge on any atom is -0.444 e. The summed E-state index contributed by atoms with van der Waals surface area (Å²) >= 11 is 0. The van der Waals surface area contributed by atoms with E-state index in [4.69, 9.17) is 9.47 Å². The number of carbonyl (C=O) groups is 2. The number of amides is 2. The van der Waals surface area contributed by atoms with Crippen LogP contribution in [0.25, 0.3) is 16.6 Å². The van der Waals surface area contributed by atoms with Gasteiger partial charge in [-0.15, -0.1) is 0 Å². The van der Waals surface area contributed by atoms with Crippen LogP contribution in [0.3, 0.4) is 0 Å². The molecular formula is C40H54F2N6O4. The summed E-state index contributed by atoms with van der Waals surface area (Å²) in [7, 11) is 0. The van der Waals surface area contributed by atoms with Gasteiger partial charge >= 0.3 is 6.09 Å². The van der Waals surface area contributed by atoms with Crippen LogP contribution in [0.2, 0.25) is 0 Å². The first-order valence-corrected chi connectivity index (χ1v) is 19.0. The zero-order chi connectivity index (χ0) is 37.1. The molecule has 12 heteroatoms. The number of benzene rings is 1. The second kappa shape index (κ2) is 14.3. The topological polar surface area (TPSA) is 82.9 Å². The molecule has 6 heterocycles. The number of imidazole rings is 1. The Labute approximate surface area is 306 Å². The van der Waals surface area contributed by atoms with E-state index in [0.717, 1.165) is 57.5 Å². The van der Waals surface area contributed by atoms with Crippen molar-refractivity contribution in [1.82, 2.24) is 29.0 Å². The Kier molecular flexibility index (Phi) is 10.1. The smallest absolute Gasteiger partial charge is 0.410 e. The van der Waals surface area contributed by atoms with Gasteiger partial charge in [-0.05, 0) is 95.7 Å². The molecule has 282 valence electrons. The van der Waals surface area contributed by atoms with Crippen molar-refractivity contribution in [2.75, 3.05) is 52.5 Å². The number of rotatable bonds is 9. The molecule has 52 heavy (non-hydrogen) atoms. The van der Waals surface area contributed by atoms with E-state index in [1.807, 2.05) is 44.9 Å². The molecule has 3 aromatic rings. The van der Waals surface area contributed by atoms with Gasteiger partial charge in [-0.3, -0.25) is 14.6 Å². The first-order valence-electron chi connectivity index (χ1n) is 19.0. The molecule has 2 bridgehead atoms. The fraction of sp³-hybridized carbons (Fsp3) is 0.625. The zero-order valence-electron chi connectivity index (χ0n) is 31.7. The van der Waals surface area contributed by atoms with Crippen LogP contribution in [-0.4, -0.2) is 123 Å². The van der Waals surface area contributed by atoms with Crippen LogP contribution in [0, 0.1) is 24.6 Å². The molecular weight excluding hydrogens is 666 g/mol. The predicted molar refractivity (Wildman–Crippen MR) is 195 cm³/mol. The molecule has 0 saturated carbocycles. The van der Waals surface area contributed by atoms with Crippen molar-refractivity contribution in [3.8, 4) is 11.1 Å². The van der Waals surface area contributed by atoms with Gasteiger partial charge in [0.05, 0.1) is 24.8 Å². The number of hydrogen-bond donors (Lipinski definition) is 0. The molecule has 10 nitrogen and oxygen atoms in total. The largest absolute Gasteiger partial charge is 0.444 e. The van der Waals surface area contributed by atoms with Crippen LogP contribution in [0.5, 0.6) is 0 Å². The summed E-state index contributed by atoms with van der Waals surface area (Å²) in [6, 6.07) is 7.10. The van der Waals surface area contributed by atoms with E-state index in [-0.39, 0.29) is 41.1 Å². The predicted octanol–water partition coefficient (Wildman–Crippen LogP) is 6.35. The molecule has 4 atom stereocenters. The number of likely N-dealkylation sites (tertiary alicyclic amines) is 3. The van der Waals surface area contributed by atoms with Crippen LogP contribution in [0.1, 0.15) is 88.5 Å². The Morgan fingerprint density at radius 1 is 1.04 bits per heavy atom. The number of piperazine rings is 1. The lowest BCUT2D eigenvalue weighted by atomic mass is 9.85. The molecule has 7 rings (SSSR count). The van der Waals surface area contributed by atoms with Crippen molar-refractivity contribution >= 4 is 17.5 Å². The van der Waals surface area contributed by atoms with Crippen LogP contribution in [-0.2, 0) is 9.47 Å². The Morgan fingerprint density at radius 3 is 2.48 bits per heavy atom. The second-order valence-corrected chi connectivity index (χ2v) is 16.7. The number of hydrogen-bond acceptors (Lipinski definition) is 7. The number of nitrogens with zero attached hydrogens (tertiary/aromatic N) is 6. The fourth-order valence-electron chi connectivity index (χ4n) is 8.87. The molecule has 2 aromatic heterocycles. The van der Waals surface area contributed by atoms with Crippen LogP contribution in [0.4, 0.5) is 13.6 Å². The summed E-state index contributed by atoms with van der Waals surface area (Å²) in [5.41, 5.74) is 2.11. The minimum atomic E-state index is -0.611. The number of aromatic nitrogens is 2. The van der Waals surface area contributed by atoms with Crippen molar-refractivity contribution in [2.45, 2.75) is 103 Å². The number of ether oxygens (including phenoxy) is 2. The molecule has 0 N–H and O–H groups in total. The fourth-order valence-corrected chi connectivity index (χ4v) is 8.87. The van der Waals surface area contributed by atoms with Crippen LogP contribution < -0.4 is 0 Å². The first-order chi connectivity index (χ1) is 24.7. The van der Waals surface area contributed by atoms with Crippen LogP contribution >= 0.6 is 0 Å². The highest BCUT2D eigenvalue weighted by atomic mass is 19.1. The maximum Gasteiger partial charge on any atom is 0.410 e. The second-order valence-electron chi connectivity index (χ2n) is 16.7. The number of fused-ring (bicyclic) bond motifs is 3. The monoisotopic (exact) mass is 720 g/mol. The van der Waals surface area contributed by atoms with Gasteiger partial charge in [0.2, 0.25) is 5.95 Å². The lowest BCUT2D eigenvalue weighted by Crippen LogP contribution is -2.53. The van der Waals surface area contributed by atoms with Gasteiger partial charge in [0.15, 0.2) is 0 Å². The molecule has 0 spiro atoms. The molecule has 4 aliphatic rings. The van der Waals surface area contributed by atoms with Crippen molar-refractivity contribution in [3.63, 3.8) is 0 Å². The lowest BCUT2D eigenvalue weighted by Gasteiger charge is -2.46. The third kappa shape index (κ3) is 7.18. The summed E-state index contributed by atoms with van der Waals surface area (Å²) in [4.78, 5) is 39.5. The average Bonchev–Trinajstić information content (AvgIpc) is 3.74. The molecule has 4 aliphatic heterocycles. The molecule has 0 aliphatic carbocycles. The van der Waals surface area contributed by atoms with E-state index in [1.165, 1.54) is 12.1 Å². The molecule has 0 unspecified atom stereocenters. The van der Waals surface area contributed by atoms with Crippen molar-refractivity contribution < 1.29 is 27.8 Å². The zero-order valence-corrected chi connectivity index (χ0v) is 31.7. The number of pyridine rings is 1. The van der Waals surface area contributed by atoms with E-state index in [2.05, 4.69) is 28.6 Å². The van der Waals surface area contributed by atoms with E-state index in [1.54, 1.807) is 22.3 Å². The van der Waals surface area contributed by atoms with Gasteiger partial charge in [-0.2, -0.15) is 4.39 Å². The number of carbonyl (C=O) groups excluding carboxylic acids is 2. The highest BCUT2D eigenvalue weighted by Crippen LogP contribution is 2.39. The van der Waals surface area contributed by atoms with E-state index in [9.17, 15) is 14.0 Å². The van der Waals surface area contributed by atoms with Gasteiger partial charge in [0, 0.05) is 68.5 Å². The number of aryl methyl sites for hydroxylation is 1. The SMILES string of the molecule is Cc1nc(F)c2c(-c3ccc(F)cc3C(=O)N3CCOC[C@H]3C)cc(C3CN([C@H](CCCN4C[C@H]5C[C@@H]4CN5C(=O)OC(C)(C)C)C(C)C)C3)cn12. The van der Waals surface area contributed by atoms with Crippen molar-refractivity contribution in [3.05, 3.63) is 59.2 Å². The first kappa shape index (κ1) is 36.7. The third-order valence-electron chi connectivity index (χ3n) is 11.6. The van der Waals surface area contributed by atoms with E-state index in [0.29, 0.717) is 54.7 Å². The summed E-state index contributed by atoms with van der Waals surface area (Å²) in [6.07, 6.45) is 4.99. The molecule has 2 amide bonds. The van der Waals surface area contributed by atoms with Gasteiger partial charge in [0.25, 0.3) is 5.91 Å². The molecule has 4 fully saturated rings. The Balaban J connectivity index is 1.04. The van der Waals surface area contributed by atoms with Gasteiger partial charge in [-0.1, -0.05) is 19.9 Å². The average molecular weight is 721 g/mol. The number of halogens is 2. The number of morpholine rings is 1. The van der Waals surface area contributed by atoms with Gasteiger partial charge in [-0.25, -0.2) is 14.2 Å². The van der Waals surface area contributed by atoms with E-state index < -0.39 is 17.4 Å². The molecule has 4 saturated heterocycles.